The predicted octanol–water partition coefficient (Wildman–Crippen LogP) is 2.11. The lowest BCUT2D eigenvalue weighted by molar-refractivity contribution is 0.398. The summed E-state index contributed by atoms with van der Waals surface area (Å²) in [7, 11) is 3.76. The van der Waals surface area contributed by atoms with Crippen LogP contribution in [0.5, 0.6) is 0 Å². The second kappa shape index (κ2) is 8.71. The van der Waals surface area contributed by atoms with Gasteiger partial charge in [0.2, 0.25) is 0 Å². The fourth-order valence-electron chi connectivity index (χ4n) is 1.97. The van der Waals surface area contributed by atoms with E-state index < -0.39 is 0 Å². The highest BCUT2D eigenvalue weighted by Gasteiger charge is 2.07. The number of guanidine groups is 1. The van der Waals surface area contributed by atoms with Crippen LogP contribution in [0.4, 0.5) is 0 Å². The lowest BCUT2D eigenvalue weighted by Gasteiger charge is -2.21. The van der Waals surface area contributed by atoms with Crippen molar-refractivity contribution in [3.8, 4) is 0 Å². The largest absolute Gasteiger partial charge is 0.467 e. The number of hydrogen-bond acceptors (Lipinski definition) is 3. The molecular weight excluding hydrogens is 381 g/mol. The molecule has 0 atom stereocenters. The summed E-state index contributed by atoms with van der Waals surface area (Å²) >= 11 is 0. The summed E-state index contributed by atoms with van der Waals surface area (Å²) in [5.41, 5.74) is 1.17. The van der Waals surface area contributed by atoms with Gasteiger partial charge in [0, 0.05) is 26.8 Å². The van der Waals surface area contributed by atoms with Crippen molar-refractivity contribution in [2.75, 3.05) is 20.6 Å². The maximum Gasteiger partial charge on any atom is 0.193 e. The van der Waals surface area contributed by atoms with E-state index in [1.165, 1.54) is 5.56 Å². The number of halogens is 1. The monoisotopic (exact) mass is 403 g/mol. The zero-order valence-corrected chi connectivity index (χ0v) is 14.9. The first kappa shape index (κ1) is 17.5. The Balaban J connectivity index is 0.00000220. The highest BCUT2D eigenvalue weighted by molar-refractivity contribution is 14.0. The van der Waals surface area contributed by atoms with E-state index in [0.717, 1.165) is 24.8 Å². The van der Waals surface area contributed by atoms with E-state index in [4.69, 9.17) is 4.42 Å². The van der Waals surface area contributed by atoms with Gasteiger partial charge in [-0.1, -0.05) is 0 Å². The van der Waals surface area contributed by atoms with Gasteiger partial charge in [-0.3, -0.25) is 9.67 Å². The second-order valence-electron chi connectivity index (χ2n) is 4.69. The van der Waals surface area contributed by atoms with Crippen molar-refractivity contribution in [1.82, 2.24) is 20.0 Å². The van der Waals surface area contributed by atoms with Crippen LogP contribution >= 0.6 is 24.0 Å². The first-order valence-electron chi connectivity index (χ1n) is 6.62. The highest BCUT2D eigenvalue weighted by Crippen LogP contribution is 2.03. The van der Waals surface area contributed by atoms with Crippen LogP contribution in [-0.2, 0) is 13.1 Å². The highest BCUT2D eigenvalue weighted by atomic mass is 127. The molecule has 2 aromatic rings. The van der Waals surface area contributed by atoms with Crippen LogP contribution in [0.2, 0.25) is 0 Å². The van der Waals surface area contributed by atoms with E-state index in [1.54, 1.807) is 13.3 Å². The summed E-state index contributed by atoms with van der Waals surface area (Å²) in [6.07, 6.45) is 5.56. The lowest BCUT2D eigenvalue weighted by Crippen LogP contribution is -2.39. The number of aliphatic imine (C=N–C) groups is 1. The molecule has 0 unspecified atom stereocenters. The molecule has 2 aromatic heterocycles. The van der Waals surface area contributed by atoms with Crippen LogP contribution in [0.15, 0.2) is 40.2 Å². The van der Waals surface area contributed by atoms with Crippen molar-refractivity contribution in [1.29, 1.82) is 0 Å². The van der Waals surface area contributed by atoms with Gasteiger partial charge in [0.05, 0.1) is 25.5 Å². The summed E-state index contributed by atoms with van der Waals surface area (Å²) in [5, 5.41) is 7.57. The number of hydrogen-bond donors (Lipinski definition) is 1. The molecule has 7 heteroatoms. The predicted molar refractivity (Wildman–Crippen MR) is 93.9 cm³/mol. The smallest absolute Gasteiger partial charge is 0.193 e. The average Bonchev–Trinajstić information content (AvgIpc) is 3.06. The second-order valence-corrected chi connectivity index (χ2v) is 4.69. The van der Waals surface area contributed by atoms with E-state index in [0.29, 0.717) is 6.54 Å². The Labute approximate surface area is 142 Å². The maximum atomic E-state index is 5.34. The van der Waals surface area contributed by atoms with Gasteiger partial charge >= 0.3 is 0 Å². The molecule has 0 aliphatic rings. The van der Waals surface area contributed by atoms with Crippen LogP contribution in [0.1, 0.15) is 11.3 Å². The van der Waals surface area contributed by atoms with E-state index in [-0.39, 0.29) is 24.0 Å². The van der Waals surface area contributed by atoms with Crippen LogP contribution in [0.3, 0.4) is 0 Å². The molecule has 0 bridgehead atoms. The topological polar surface area (TPSA) is 58.6 Å². The lowest BCUT2D eigenvalue weighted by atomic mass is 10.4. The molecule has 0 fully saturated rings. The summed E-state index contributed by atoms with van der Waals surface area (Å²) in [6, 6.07) is 3.84. The molecule has 6 nitrogen and oxygen atoms in total. The third-order valence-corrected chi connectivity index (χ3v) is 2.93. The van der Waals surface area contributed by atoms with Gasteiger partial charge in [-0.2, -0.15) is 5.10 Å². The molecule has 116 valence electrons. The summed E-state index contributed by atoms with van der Waals surface area (Å²) in [4.78, 5) is 6.29. The molecule has 0 amide bonds. The molecule has 0 aliphatic carbocycles. The third-order valence-electron chi connectivity index (χ3n) is 2.93. The van der Waals surface area contributed by atoms with Gasteiger partial charge < -0.3 is 14.6 Å². The van der Waals surface area contributed by atoms with Gasteiger partial charge in [0.25, 0.3) is 0 Å². The van der Waals surface area contributed by atoms with Crippen LogP contribution in [0, 0.1) is 6.92 Å². The summed E-state index contributed by atoms with van der Waals surface area (Å²) in [6.45, 7) is 4.30. The molecule has 0 spiro atoms. The van der Waals surface area contributed by atoms with Crippen molar-refractivity contribution >= 4 is 29.9 Å². The summed E-state index contributed by atoms with van der Waals surface area (Å²) in [5.74, 6) is 1.75. The zero-order valence-electron chi connectivity index (χ0n) is 12.6. The maximum absolute atomic E-state index is 5.34. The van der Waals surface area contributed by atoms with Crippen LogP contribution in [0.25, 0.3) is 0 Å². The average molecular weight is 403 g/mol. The normalized spacial score (nSPS) is 11.1. The fourth-order valence-corrected chi connectivity index (χ4v) is 1.97. The number of nitrogens with one attached hydrogen (secondary N) is 1. The zero-order chi connectivity index (χ0) is 14.4. The third kappa shape index (κ3) is 5.41. The minimum atomic E-state index is 0. The Morgan fingerprint density at radius 1 is 1.52 bits per heavy atom. The number of furan rings is 1. The fraction of sp³-hybridized carbons (Fsp3) is 0.429. The molecule has 0 saturated heterocycles. The number of nitrogens with zero attached hydrogens (tertiary/aromatic N) is 4. The Kier molecular flexibility index (Phi) is 7.27. The number of aryl methyl sites for hydroxylation is 1. The number of rotatable bonds is 5. The van der Waals surface area contributed by atoms with E-state index in [9.17, 15) is 0 Å². The molecule has 0 radical (unpaired) electrons. The Morgan fingerprint density at radius 2 is 2.33 bits per heavy atom. The Morgan fingerprint density at radius 3 is 2.90 bits per heavy atom. The van der Waals surface area contributed by atoms with Crippen molar-refractivity contribution in [3.05, 3.63) is 42.1 Å². The van der Waals surface area contributed by atoms with E-state index >= 15 is 0 Å². The van der Waals surface area contributed by atoms with Crippen LogP contribution in [-0.4, -0.2) is 41.3 Å². The molecule has 2 rings (SSSR count). The van der Waals surface area contributed by atoms with Crippen LogP contribution < -0.4 is 5.32 Å². The quantitative estimate of drug-likeness (QED) is 0.472. The number of aromatic nitrogens is 2. The standard InChI is InChI=1S/C14H21N5O.HI/c1-12-9-17-19(10-12)7-6-16-14(15-2)18(3)11-13-5-4-8-20-13;/h4-5,8-10H,6-7,11H2,1-3H3,(H,15,16);1H. The van der Waals surface area contributed by atoms with Crippen molar-refractivity contribution < 1.29 is 4.42 Å². The van der Waals surface area contributed by atoms with Crippen molar-refractivity contribution in [3.63, 3.8) is 0 Å². The molecular formula is C14H22IN5O. The van der Waals surface area contributed by atoms with Gasteiger partial charge in [-0.25, -0.2) is 0 Å². The molecule has 21 heavy (non-hydrogen) atoms. The Hall–Kier alpha value is -1.51. The van der Waals surface area contributed by atoms with Gasteiger partial charge in [-0.05, 0) is 24.6 Å². The Bertz CT molecular complexity index is 549. The SMILES string of the molecule is CN=C(NCCn1cc(C)cn1)N(C)Cc1ccco1.I. The molecule has 1 N–H and O–H groups in total. The first-order valence-corrected chi connectivity index (χ1v) is 6.62. The molecule has 0 aliphatic heterocycles. The van der Waals surface area contributed by atoms with E-state index in [1.807, 2.05) is 48.1 Å². The van der Waals surface area contributed by atoms with E-state index in [2.05, 4.69) is 15.4 Å². The molecule has 2 heterocycles. The molecule has 0 saturated carbocycles. The molecule has 0 aromatic carbocycles. The van der Waals surface area contributed by atoms with Crippen molar-refractivity contribution in [2.24, 2.45) is 4.99 Å². The summed E-state index contributed by atoms with van der Waals surface area (Å²) < 4.78 is 7.26. The van der Waals surface area contributed by atoms with Crippen molar-refractivity contribution in [2.45, 2.75) is 20.0 Å². The minimum Gasteiger partial charge on any atom is -0.467 e. The van der Waals surface area contributed by atoms with Gasteiger partial charge in [0.15, 0.2) is 5.96 Å². The van der Waals surface area contributed by atoms with Gasteiger partial charge in [-0.15, -0.1) is 24.0 Å². The first-order chi connectivity index (χ1) is 9.69. The minimum absolute atomic E-state index is 0. The van der Waals surface area contributed by atoms with Gasteiger partial charge in [0.1, 0.15) is 5.76 Å².